The Kier molecular flexibility index (Phi) is 7.52. The molecule has 1 amide bonds. The van der Waals surface area contributed by atoms with E-state index in [-0.39, 0.29) is 24.9 Å². The third-order valence-corrected chi connectivity index (χ3v) is 6.24. The van der Waals surface area contributed by atoms with Gasteiger partial charge < -0.3 is 29.6 Å². The van der Waals surface area contributed by atoms with Gasteiger partial charge in [-0.1, -0.05) is 29.8 Å². The van der Waals surface area contributed by atoms with Gasteiger partial charge in [0.2, 0.25) is 0 Å². The molecule has 2 saturated heterocycles. The molecule has 3 N–H and O–H groups in total. The quantitative estimate of drug-likeness (QED) is 0.378. The van der Waals surface area contributed by atoms with Crippen molar-refractivity contribution in [1.29, 1.82) is 0 Å². The van der Waals surface area contributed by atoms with E-state index >= 15 is 0 Å². The Labute approximate surface area is 218 Å². The molecule has 0 aliphatic carbocycles. The highest BCUT2D eigenvalue weighted by atomic mass is 35.5. The predicted octanol–water partition coefficient (Wildman–Crippen LogP) is 5.20. The molecule has 0 spiro atoms. The second-order valence-electron chi connectivity index (χ2n) is 8.32. The van der Waals surface area contributed by atoms with E-state index in [9.17, 15) is 4.79 Å². The van der Waals surface area contributed by atoms with Crippen LogP contribution in [0.1, 0.15) is 0 Å². The van der Waals surface area contributed by atoms with E-state index < -0.39 is 12.2 Å². The number of carbonyl (C=O) groups excluding carboxylic acids is 1. The minimum absolute atomic E-state index is 0.170. The molecular formula is C26H24ClN3O5S. The molecule has 4 atom stereocenters. The third kappa shape index (κ3) is 6.06. The first kappa shape index (κ1) is 24.3. The van der Waals surface area contributed by atoms with Crippen LogP contribution >= 0.6 is 23.8 Å². The van der Waals surface area contributed by atoms with Crippen molar-refractivity contribution in [3.05, 3.63) is 83.9 Å². The average Bonchev–Trinajstić information content (AvgIpc) is 3.46. The second kappa shape index (κ2) is 11.1. The maximum absolute atomic E-state index is 12.5. The molecule has 2 aliphatic heterocycles. The Hall–Kier alpha value is -3.37. The standard InChI is InChI=1S/C26H24ClN3O5S/c27-16-6-8-17(9-7-16)28-25(36)30-21-14-32-24-22(15-33-23(21)24)35-26(31)29-18-10-12-20(13-11-18)34-19-4-2-1-3-5-19/h1-13,21-24H,14-15H2,(H,29,31)(H2,28,30,36). The highest BCUT2D eigenvalue weighted by Gasteiger charge is 2.49. The first-order valence-corrected chi connectivity index (χ1v) is 12.2. The summed E-state index contributed by atoms with van der Waals surface area (Å²) in [5.41, 5.74) is 1.40. The lowest BCUT2D eigenvalue weighted by Crippen LogP contribution is -2.46. The van der Waals surface area contributed by atoms with Crippen LogP contribution in [0.3, 0.4) is 0 Å². The lowest BCUT2D eigenvalue weighted by molar-refractivity contribution is 0.00880. The van der Waals surface area contributed by atoms with Gasteiger partial charge in [-0.15, -0.1) is 0 Å². The van der Waals surface area contributed by atoms with E-state index in [0.717, 1.165) is 11.4 Å². The van der Waals surface area contributed by atoms with Gasteiger partial charge in [-0.3, -0.25) is 5.32 Å². The van der Waals surface area contributed by atoms with Crippen LogP contribution in [-0.2, 0) is 14.2 Å². The van der Waals surface area contributed by atoms with Gasteiger partial charge in [0.05, 0.1) is 19.3 Å². The minimum Gasteiger partial charge on any atom is -0.457 e. The predicted molar refractivity (Wildman–Crippen MR) is 141 cm³/mol. The molecule has 2 heterocycles. The summed E-state index contributed by atoms with van der Waals surface area (Å²) in [6, 6.07) is 23.6. The normalized spacial score (nSPS) is 22.4. The Morgan fingerprint density at radius 1 is 0.833 bits per heavy atom. The summed E-state index contributed by atoms with van der Waals surface area (Å²) in [6.07, 6.45) is -1.78. The van der Waals surface area contributed by atoms with E-state index in [4.69, 9.17) is 42.8 Å². The van der Waals surface area contributed by atoms with Gasteiger partial charge in [-0.05, 0) is 72.9 Å². The molecule has 3 aromatic carbocycles. The number of thiocarbonyl (C=S) groups is 1. The number of amides is 1. The van der Waals surface area contributed by atoms with Crippen molar-refractivity contribution in [2.24, 2.45) is 0 Å². The molecule has 0 radical (unpaired) electrons. The van der Waals surface area contributed by atoms with Crippen molar-refractivity contribution in [2.75, 3.05) is 23.8 Å². The SMILES string of the molecule is O=C(Nc1ccc(Oc2ccccc2)cc1)OC1COC2C(NC(=S)Nc3ccc(Cl)cc3)COC12. The number of carbonyl (C=O) groups is 1. The highest BCUT2D eigenvalue weighted by molar-refractivity contribution is 7.80. The van der Waals surface area contributed by atoms with Crippen LogP contribution in [0.25, 0.3) is 0 Å². The minimum atomic E-state index is -0.582. The molecule has 8 nitrogen and oxygen atoms in total. The summed E-state index contributed by atoms with van der Waals surface area (Å²) in [5.74, 6) is 1.40. The van der Waals surface area contributed by atoms with Crippen molar-refractivity contribution in [3.63, 3.8) is 0 Å². The summed E-state index contributed by atoms with van der Waals surface area (Å²) in [5, 5.41) is 10.1. The summed E-state index contributed by atoms with van der Waals surface area (Å²) < 4.78 is 23.1. The molecule has 0 bridgehead atoms. The fraction of sp³-hybridized carbons (Fsp3) is 0.231. The number of rotatable bonds is 6. The van der Waals surface area contributed by atoms with E-state index in [0.29, 0.717) is 28.2 Å². The number of benzene rings is 3. The number of fused-ring (bicyclic) bond motifs is 1. The summed E-state index contributed by atoms with van der Waals surface area (Å²) in [6.45, 7) is 0.615. The van der Waals surface area contributed by atoms with Crippen molar-refractivity contribution in [1.82, 2.24) is 5.32 Å². The number of hydrogen-bond acceptors (Lipinski definition) is 6. The van der Waals surface area contributed by atoms with Crippen LogP contribution in [0.15, 0.2) is 78.9 Å². The van der Waals surface area contributed by atoms with Crippen LogP contribution in [-0.4, -0.2) is 48.8 Å². The number of ether oxygens (including phenoxy) is 4. The number of halogens is 1. The zero-order chi connectivity index (χ0) is 24.9. The zero-order valence-electron chi connectivity index (χ0n) is 19.1. The summed E-state index contributed by atoms with van der Waals surface area (Å²) >= 11 is 11.3. The van der Waals surface area contributed by atoms with Gasteiger partial charge in [0.1, 0.15) is 23.7 Å². The Balaban J connectivity index is 1.09. The number of nitrogens with one attached hydrogen (secondary N) is 3. The highest BCUT2D eigenvalue weighted by Crippen LogP contribution is 2.29. The maximum atomic E-state index is 12.5. The summed E-state index contributed by atoms with van der Waals surface area (Å²) in [7, 11) is 0. The van der Waals surface area contributed by atoms with E-state index in [1.165, 1.54) is 0 Å². The van der Waals surface area contributed by atoms with Gasteiger partial charge in [-0.25, -0.2) is 4.79 Å². The zero-order valence-corrected chi connectivity index (χ0v) is 20.6. The molecule has 5 rings (SSSR count). The fourth-order valence-corrected chi connectivity index (χ4v) is 4.47. The van der Waals surface area contributed by atoms with Crippen molar-refractivity contribution < 1.29 is 23.7 Å². The molecule has 2 aliphatic rings. The van der Waals surface area contributed by atoms with E-state index in [2.05, 4.69) is 16.0 Å². The van der Waals surface area contributed by atoms with Crippen LogP contribution in [0.4, 0.5) is 16.2 Å². The average molecular weight is 526 g/mol. The number of para-hydroxylation sites is 1. The van der Waals surface area contributed by atoms with Gasteiger partial charge in [0.15, 0.2) is 11.2 Å². The first-order chi connectivity index (χ1) is 17.5. The molecular weight excluding hydrogens is 502 g/mol. The lowest BCUT2D eigenvalue weighted by atomic mass is 10.1. The van der Waals surface area contributed by atoms with Crippen molar-refractivity contribution in [3.8, 4) is 11.5 Å². The molecule has 0 saturated carbocycles. The monoisotopic (exact) mass is 525 g/mol. The molecule has 4 unspecified atom stereocenters. The maximum Gasteiger partial charge on any atom is 0.412 e. The number of anilines is 2. The molecule has 0 aromatic heterocycles. The number of hydrogen-bond donors (Lipinski definition) is 3. The van der Waals surface area contributed by atoms with Gasteiger partial charge in [0, 0.05) is 16.4 Å². The lowest BCUT2D eigenvalue weighted by Gasteiger charge is -2.20. The molecule has 186 valence electrons. The van der Waals surface area contributed by atoms with Crippen molar-refractivity contribution in [2.45, 2.75) is 24.4 Å². The Morgan fingerprint density at radius 2 is 1.47 bits per heavy atom. The fourth-order valence-electron chi connectivity index (χ4n) is 4.07. The largest absolute Gasteiger partial charge is 0.457 e. The molecule has 10 heteroatoms. The second-order valence-corrected chi connectivity index (χ2v) is 9.16. The van der Waals surface area contributed by atoms with Crippen LogP contribution in [0.2, 0.25) is 5.02 Å². The van der Waals surface area contributed by atoms with Crippen molar-refractivity contribution >= 4 is 46.4 Å². The van der Waals surface area contributed by atoms with Gasteiger partial charge in [-0.2, -0.15) is 0 Å². The van der Waals surface area contributed by atoms with E-state index in [1.807, 2.05) is 42.5 Å². The third-order valence-electron chi connectivity index (χ3n) is 5.76. The molecule has 2 fully saturated rings. The van der Waals surface area contributed by atoms with Crippen LogP contribution in [0, 0.1) is 0 Å². The van der Waals surface area contributed by atoms with Crippen LogP contribution in [0.5, 0.6) is 11.5 Å². The van der Waals surface area contributed by atoms with Crippen LogP contribution < -0.4 is 20.7 Å². The molecule has 36 heavy (non-hydrogen) atoms. The Morgan fingerprint density at radius 3 is 2.22 bits per heavy atom. The van der Waals surface area contributed by atoms with Gasteiger partial charge >= 0.3 is 6.09 Å². The topological polar surface area (TPSA) is 90.1 Å². The van der Waals surface area contributed by atoms with E-state index in [1.54, 1.807) is 36.4 Å². The first-order valence-electron chi connectivity index (χ1n) is 11.4. The Bertz CT molecular complexity index is 1200. The molecule has 3 aromatic rings. The summed E-state index contributed by atoms with van der Waals surface area (Å²) in [4.78, 5) is 12.5. The van der Waals surface area contributed by atoms with Gasteiger partial charge in [0.25, 0.3) is 0 Å². The smallest absolute Gasteiger partial charge is 0.412 e.